The molecule has 0 aliphatic heterocycles. The number of nitrogens with one attached hydrogen (secondary N) is 1. The molecule has 1 aliphatic carbocycles. The van der Waals surface area contributed by atoms with Gasteiger partial charge in [0.05, 0.1) is 24.7 Å². The highest BCUT2D eigenvalue weighted by molar-refractivity contribution is 7.16. The molecular formula is C20H21N3O4S. The van der Waals surface area contributed by atoms with Crippen molar-refractivity contribution in [3.05, 3.63) is 46.2 Å². The van der Waals surface area contributed by atoms with E-state index in [-0.39, 0.29) is 17.9 Å². The zero-order valence-corrected chi connectivity index (χ0v) is 16.5. The number of nitriles is 1. The lowest BCUT2D eigenvalue weighted by Crippen LogP contribution is -2.27. The first-order valence-electron chi connectivity index (χ1n) is 8.88. The van der Waals surface area contributed by atoms with Crippen LogP contribution in [-0.4, -0.2) is 37.6 Å². The molecule has 0 fully saturated rings. The van der Waals surface area contributed by atoms with Gasteiger partial charge in [-0.25, -0.2) is 4.79 Å². The third kappa shape index (κ3) is 4.61. The Morgan fingerprint density at radius 1 is 1.50 bits per heavy atom. The summed E-state index contributed by atoms with van der Waals surface area (Å²) in [6.45, 7) is 0.353. The monoisotopic (exact) mass is 399 g/mol. The van der Waals surface area contributed by atoms with Crippen molar-refractivity contribution in [1.82, 2.24) is 4.90 Å². The predicted octanol–water partition coefficient (Wildman–Crippen LogP) is 3.67. The van der Waals surface area contributed by atoms with E-state index >= 15 is 0 Å². The molecule has 2 heterocycles. The molecular weight excluding hydrogens is 378 g/mol. The third-order valence-electron chi connectivity index (χ3n) is 4.49. The summed E-state index contributed by atoms with van der Waals surface area (Å²) in [5.74, 6) is -0.0844. The number of carbonyl (C=O) groups excluding carboxylic acids is 2. The maximum Gasteiger partial charge on any atom is 0.409 e. The Bertz CT molecular complexity index is 922. The van der Waals surface area contributed by atoms with E-state index in [1.165, 1.54) is 34.8 Å². The number of rotatable bonds is 5. The smallest absolute Gasteiger partial charge is 0.409 e. The summed E-state index contributed by atoms with van der Waals surface area (Å²) in [4.78, 5) is 26.3. The number of hydrogen-bond acceptors (Lipinski definition) is 6. The van der Waals surface area contributed by atoms with E-state index in [4.69, 9.17) is 9.15 Å². The van der Waals surface area contributed by atoms with Gasteiger partial charge in [0.2, 0.25) is 5.91 Å². The number of fused-ring (bicyclic) bond motifs is 1. The number of hydrogen-bond donors (Lipinski definition) is 1. The molecule has 8 heteroatoms. The fraction of sp³-hybridized carbons (Fsp3) is 0.350. The molecule has 2 aromatic heterocycles. The maximum absolute atomic E-state index is 12.2. The Morgan fingerprint density at radius 3 is 3.00 bits per heavy atom. The Labute approximate surface area is 167 Å². The summed E-state index contributed by atoms with van der Waals surface area (Å²) in [6.07, 6.45) is 8.08. The average Bonchev–Trinajstić information content (AvgIpc) is 3.31. The number of amides is 2. The number of ether oxygens (including phenoxy) is 1. The molecule has 3 rings (SSSR count). The lowest BCUT2D eigenvalue weighted by atomic mass is 9.88. The molecule has 1 unspecified atom stereocenters. The second-order valence-electron chi connectivity index (χ2n) is 6.78. The van der Waals surface area contributed by atoms with Crippen LogP contribution >= 0.6 is 11.3 Å². The number of anilines is 1. The van der Waals surface area contributed by atoms with Crippen LogP contribution in [0, 0.1) is 17.2 Å². The fourth-order valence-corrected chi connectivity index (χ4v) is 4.33. The van der Waals surface area contributed by atoms with E-state index < -0.39 is 0 Å². The van der Waals surface area contributed by atoms with Crippen molar-refractivity contribution >= 4 is 34.4 Å². The largest absolute Gasteiger partial charge is 0.472 e. The molecule has 0 saturated carbocycles. The van der Waals surface area contributed by atoms with Crippen LogP contribution in [0.15, 0.2) is 29.1 Å². The lowest BCUT2D eigenvalue weighted by molar-refractivity contribution is -0.111. The van der Waals surface area contributed by atoms with Crippen molar-refractivity contribution in [2.24, 2.45) is 5.92 Å². The fourth-order valence-electron chi connectivity index (χ4n) is 3.02. The first-order chi connectivity index (χ1) is 13.5. The van der Waals surface area contributed by atoms with Gasteiger partial charge in [0.15, 0.2) is 0 Å². The van der Waals surface area contributed by atoms with Crippen LogP contribution in [0.25, 0.3) is 6.08 Å². The highest BCUT2D eigenvalue weighted by atomic mass is 32.1. The van der Waals surface area contributed by atoms with Gasteiger partial charge in [0.1, 0.15) is 11.1 Å². The highest BCUT2D eigenvalue weighted by Gasteiger charge is 2.27. The highest BCUT2D eigenvalue weighted by Crippen LogP contribution is 2.39. The summed E-state index contributed by atoms with van der Waals surface area (Å²) in [6, 6.07) is 3.97. The Kier molecular flexibility index (Phi) is 6.16. The first-order valence-corrected chi connectivity index (χ1v) is 9.69. The molecule has 1 aliphatic rings. The van der Waals surface area contributed by atoms with Crippen LogP contribution in [-0.2, 0) is 22.4 Å². The summed E-state index contributed by atoms with van der Waals surface area (Å²) < 4.78 is 10.2. The summed E-state index contributed by atoms with van der Waals surface area (Å²) >= 11 is 1.42. The van der Waals surface area contributed by atoms with E-state index in [0.29, 0.717) is 17.2 Å². The molecule has 0 saturated heterocycles. The standard InChI is InChI=1S/C20H21N3O4S/c1-23(2)20(25)27-12-14-3-5-15-16(10-21)19(28-17(15)9-14)22-18(24)6-4-13-7-8-26-11-13/h4,6-8,11,14H,3,5,9,12H2,1-2H3,(H,22,24). The van der Waals surface area contributed by atoms with Crippen molar-refractivity contribution < 1.29 is 18.7 Å². The Hall–Kier alpha value is -3.05. The molecule has 0 bridgehead atoms. The van der Waals surface area contributed by atoms with Crippen LogP contribution in [0.5, 0.6) is 0 Å². The van der Waals surface area contributed by atoms with Crippen LogP contribution in [0.3, 0.4) is 0 Å². The molecule has 7 nitrogen and oxygen atoms in total. The van der Waals surface area contributed by atoms with Gasteiger partial charge in [-0.15, -0.1) is 11.3 Å². The SMILES string of the molecule is CN(C)C(=O)OCC1CCc2c(sc(NC(=O)C=Cc3ccoc3)c2C#N)C1. The van der Waals surface area contributed by atoms with Gasteiger partial charge in [0.25, 0.3) is 0 Å². The van der Waals surface area contributed by atoms with Crippen molar-refractivity contribution in [3.8, 4) is 6.07 Å². The minimum atomic E-state index is -0.355. The van der Waals surface area contributed by atoms with Crippen molar-refractivity contribution in [2.75, 3.05) is 26.0 Å². The molecule has 0 aromatic carbocycles. The van der Waals surface area contributed by atoms with E-state index in [2.05, 4.69) is 11.4 Å². The van der Waals surface area contributed by atoms with Crippen LogP contribution in [0.1, 0.15) is 28.0 Å². The summed E-state index contributed by atoms with van der Waals surface area (Å²) in [7, 11) is 3.30. The van der Waals surface area contributed by atoms with Crippen LogP contribution < -0.4 is 5.32 Å². The van der Waals surface area contributed by atoms with Gasteiger partial charge in [0, 0.05) is 30.6 Å². The van der Waals surface area contributed by atoms with Gasteiger partial charge in [-0.2, -0.15) is 5.26 Å². The van der Waals surface area contributed by atoms with Crippen LogP contribution in [0.4, 0.5) is 9.80 Å². The van der Waals surface area contributed by atoms with Gasteiger partial charge >= 0.3 is 6.09 Å². The second kappa shape index (κ2) is 8.76. The van der Waals surface area contributed by atoms with E-state index in [1.807, 2.05) is 0 Å². The van der Waals surface area contributed by atoms with E-state index in [9.17, 15) is 14.9 Å². The molecule has 2 aromatic rings. The van der Waals surface area contributed by atoms with Gasteiger partial charge in [-0.1, -0.05) is 0 Å². The van der Waals surface area contributed by atoms with Gasteiger partial charge in [-0.05, 0) is 42.9 Å². The second-order valence-corrected chi connectivity index (χ2v) is 7.88. The van der Waals surface area contributed by atoms with Gasteiger partial charge < -0.3 is 19.4 Å². The average molecular weight is 399 g/mol. The van der Waals surface area contributed by atoms with Gasteiger partial charge in [-0.3, -0.25) is 4.79 Å². The number of thiophene rings is 1. The number of carbonyl (C=O) groups is 2. The summed E-state index contributed by atoms with van der Waals surface area (Å²) in [5, 5.41) is 12.9. The maximum atomic E-state index is 12.2. The number of furan rings is 1. The van der Waals surface area contributed by atoms with Crippen LogP contribution in [0.2, 0.25) is 0 Å². The first kappa shape index (κ1) is 19.7. The van der Waals surface area contributed by atoms with Crippen molar-refractivity contribution in [2.45, 2.75) is 19.3 Å². The number of nitrogens with zero attached hydrogens (tertiary/aromatic N) is 2. The van der Waals surface area contributed by atoms with E-state index in [1.54, 1.807) is 26.2 Å². The Morgan fingerprint density at radius 2 is 2.32 bits per heavy atom. The normalized spacial score (nSPS) is 15.7. The third-order valence-corrected chi connectivity index (χ3v) is 5.66. The molecule has 1 N–H and O–H groups in total. The van der Waals surface area contributed by atoms with Crippen molar-refractivity contribution in [3.63, 3.8) is 0 Å². The lowest BCUT2D eigenvalue weighted by Gasteiger charge is -2.22. The molecule has 2 amide bonds. The topological polar surface area (TPSA) is 95.6 Å². The molecule has 0 radical (unpaired) electrons. The molecule has 28 heavy (non-hydrogen) atoms. The van der Waals surface area contributed by atoms with Crippen molar-refractivity contribution in [1.29, 1.82) is 5.26 Å². The Balaban J connectivity index is 1.66. The van der Waals surface area contributed by atoms with E-state index in [0.717, 1.165) is 35.3 Å². The molecule has 0 spiro atoms. The zero-order valence-electron chi connectivity index (χ0n) is 15.7. The molecule has 146 valence electrons. The minimum Gasteiger partial charge on any atom is -0.472 e. The summed E-state index contributed by atoms with van der Waals surface area (Å²) in [5.41, 5.74) is 2.32. The predicted molar refractivity (Wildman–Crippen MR) is 106 cm³/mol. The minimum absolute atomic E-state index is 0.214. The molecule has 1 atom stereocenters. The quantitative estimate of drug-likeness (QED) is 0.774. The zero-order chi connectivity index (χ0) is 20.1.